The number of aryl methyl sites for hydroxylation is 1. The molecular formula is C17H15N3O2S. The predicted molar refractivity (Wildman–Crippen MR) is 91.2 cm³/mol. The van der Waals surface area contributed by atoms with E-state index in [2.05, 4.69) is 4.98 Å². The number of benzene rings is 1. The molecule has 0 N–H and O–H groups in total. The lowest BCUT2D eigenvalue weighted by Gasteiger charge is -2.08. The van der Waals surface area contributed by atoms with Gasteiger partial charge in [0, 0.05) is 19.7 Å². The van der Waals surface area contributed by atoms with Gasteiger partial charge in [-0.15, -0.1) is 11.3 Å². The van der Waals surface area contributed by atoms with Crippen molar-refractivity contribution < 1.29 is 4.79 Å². The zero-order chi connectivity index (χ0) is 16.3. The van der Waals surface area contributed by atoms with Crippen molar-refractivity contribution in [3.8, 4) is 11.4 Å². The zero-order valence-electron chi connectivity index (χ0n) is 13.1. The minimum Gasteiger partial charge on any atom is -0.344 e. The van der Waals surface area contributed by atoms with E-state index in [9.17, 15) is 9.59 Å². The molecule has 0 atom stereocenters. The molecule has 0 radical (unpaired) electrons. The highest BCUT2D eigenvalue weighted by atomic mass is 32.1. The molecule has 5 nitrogen and oxygen atoms in total. The number of nitrogens with zero attached hydrogens (tertiary/aromatic N) is 3. The highest BCUT2D eigenvalue weighted by Crippen LogP contribution is 2.36. The monoisotopic (exact) mass is 325 g/mol. The number of thiophene rings is 1. The zero-order valence-corrected chi connectivity index (χ0v) is 13.9. The molecule has 0 saturated heterocycles. The first-order chi connectivity index (χ1) is 11.0. The van der Waals surface area contributed by atoms with Crippen molar-refractivity contribution in [1.82, 2.24) is 14.5 Å². The van der Waals surface area contributed by atoms with Crippen LogP contribution in [-0.4, -0.2) is 34.5 Å². The summed E-state index contributed by atoms with van der Waals surface area (Å²) in [7, 11) is 3.44. The van der Waals surface area contributed by atoms with Gasteiger partial charge in [-0.05, 0) is 18.1 Å². The van der Waals surface area contributed by atoms with Gasteiger partial charge in [0.15, 0.2) is 0 Å². The highest BCUT2D eigenvalue weighted by Gasteiger charge is 2.26. The summed E-state index contributed by atoms with van der Waals surface area (Å²) in [5.74, 6) is 0.621. The largest absolute Gasteiger partial charge is 0.344 e. The van der Waals surface area contributed by atoms with Gasteiger partial charge < -0.3 is 9.47 Å². The van der Waals surface area contributed by atoms with Gasteiger partial charge in [0.1, 0.15) is 10.7 Å². The van der Waals surface area contributed by atoms with Gasteiger partial charge in [-0.1, -0.05) is 24.3 Å². The first-order valence-electron chi connectivity index (χ1n) is 7.33. The Bertz CT molecular complexity index is 1030. The molecule has 6 heteroatoms. The summed E-state index contributed by atoms with van der Waals surface area (Å²) in [6, 6.07) is 7.97. The summed E-state index contributed by atoms with van der Waals surface area (Å²) < 4.78 is 2.05. The Morgan fingerprint density at radius 3 is 2.78 bits per heavy atom. The molecule has 116 valence electrons. The van der Waals surface area contributed by atoms with Gasteiger partial charge >= 0.3 is 0 Å². The van der Waals surface area contributed by atoms with Crippen LogP contribution in [0.2, 0.25) is 0 Å². The Morgan fingerprint density at radius 1 is 1.30 bits per heavy atom. The van der Waals surface area contributed by atoms with Gasteiger partial charge in [-0.25, -0.2) is 0 Å². The highest BCUT2D eigenvalue weighted by molar-refractivity contribution is 7.20. The fourth-order valence-electron chi connectivity index (χ4n) is 3.05. The third kappa shape index (κ3) is 1.88. The van der Waals surface area contributed by atoms with Crippen LogP contribution in [-0.2, 0) is 6.54 Å². The Morgan fingerprint density at radius 2 is 2.04 bits per heavy atom. The molecule has 4 rings (SSSR count). The van der Waals surface area contributed by atoms with Crippen LogP contribution in [0.1, 0.15) is 20.8 Å². The van der Waals surface area contributed by atoms with Gasteiger partial charge in [-0.3, -0.25) is 9.59 Å². The number of aromatic nitrogens is 2. The molecule has 1 amide bonds. The van der Waals surface area contributed by atoms with Crippen LogP contribution in [0, 0.1) is 6.92 Å². The smallest absolute Gasteiger partial charge is 0.282 e. The van der Waals surface area contributed by atoms with E-state index in [4.69, 9.17) is 0 Å². The van der Waals surface area contributed by atoms with E-state index in [0.29, 0.717) is 22.6 Å². The normalized spacial score (nSPS) is 12.3. The van der Waals surface area contributed by atoms with Crippen LogP contribution in [0.4, 0.5) is 0 Å². The van der Waals surface area contributed by atoms with Crippen LogP contribution in [0.15, 0.2) is 29.1 Å². The number of rotatable bonds is 1. The summed E-state index contributed by atoms with van der Waals surface area (Å²) in [6.07, 6.45) is 0. The number of hydrogen-bond acceptors (Lipinski definition) is 4. The lowest BCUT2D eigenvalue weighted by Crippen LogP contribution is -2.21. The van der Waals surface area contributed by atoms with Crippen molar-refractivity contribution >= 4 is 27.5 Å². The first-order valence-corrected chi connectivity index (χ1v) is 8.14. The number of carbonyl (C=O) groups excluding carboxylic acids is 1. The molecule has 1 aliphatic heterocycles. The second kappa shape index (κ2) is 4.76. The fraction of sp³-hybridized carbons (Fsp3) is 0.235. The average Bonchev–Trinajstić information content (AvgIpc) is 3.05. The van der Waals surface area contributed by atoms with Crippen LogP contribution in [0.3, 0.4) is 0 Å². The number of carbonyl (C=O) groups is 1. The van der Waals surface area contributed by atoms with Crippen LogP contribution in [0.25, 0.3) is 21.6 Å². The standard InChI is InChI=1S/C17H15N3O2S/c1-9-12-15(21)18-14-11-7-5-4-6-10(11)8-20(14)17(12)23-13(9)16(22)19(2)3/h4-7H,8H2,1-3H3. The first kappa shape index (κ1) is 14.1. The molecule has 0 spiro atoms. The molecule has 0 fully saturated rings. The number of fused-ring (bicyclic) bond motifs is 5. The Kier molecular flexibility index (Phi) is 2.93. The van der Waals surface area contributed by atoms with Gasteiger partial charge in [-0.2, -0.15) is 4.98 Å². The second-order valence-electron chi connectivity index (χ2n) is 5.92. The molecular weight excluding hydrogens is 310 g/mol. The van der Waals surface area contributed by atoms with Crippen LogP contribution < -0.4 is 5.56 Å². The molecule has 0 saturated carbocycles. The van der Waals surface area contributed by atoms with Crippen LogP contribution in [0.5, 0.6) is 0 Å². The predicted octanol–water partition coefficient (Wildman–Crippen LogP) is 2.50. The molecule has 3 heterocycles. The maximum Gasteiger partial charge on any atom is 0.282 e. The van der Waals surface area contributed by atoms with Crippen molar-refractivity contribution in [2.45, 2.75) is 13.5 Å². The quantitative estimate of drug-likeness (QED) is 0.540. The average molecular weight is 325 g/mol. The summed E-state index contributed by atoms with van der Waals surface area (Å²) >= 11 is 1.38. The second-order valence-corrected chi connectivity index (χ2v) is 6.92. The molecule has 2 aromatic heterocycles. The minimum atomic E-state index is -0.255. The van der Waals surface area contributed by atoms with E-state index in [1.165, 1.54) is 16.2 Å². The maximum absolute atomic E-state index is 12.5. The lowest BCUT2D eigenvalue weighted by molar-refractivity contribution is 0.0831. The van der Waals surface area contributed by atoms with E-state index < -0.39 is 0 Å². The van der Waals surface area contributed by atoms with E-state index >= 15 is 0 Å². The summed E-state index contributed by atoms with van der Waals surface area (Å²) in [4.78, 5) is 32.2. The van der Waals surface area contributed by atoms with E-state index in [-0.39, 0.29) is 11.5 Å². The molecule has 0 unspecified atom stereocenters. The van der Waals surface area contributed by atoms with E-state index in [1.807, 2.05) is 35.8 Å². The Labute approximate surface area is 136 Å². The molecule has 1 aliphatic rings. The topological polar surface area (TPSA) is 55.2 Å². The van der Waals surface area contributed by atoms with E-state index in [1.54, 1.807) is 14.1 Å². The molecule has 0 aliphatic carbocycles. The molecule has 3 aromatic rings. The van der Waals surface area contributed by atoms with Crippen molar-refractivity contribution in [3.63, 3.8) is 0 Å². The summed E-state index contributed by atoms with van der Waals surface area (Å²) in [5, 5.41) is 0.566. The van der Waals surface area contributed by atoms with Crippen molar-refractivity contribution in [2.24, 2.45) is 0 Å². The van der Waals surface area contributed by atoms with Crippen molar-refractivity contribution in [2.75, 3.05) is 14.1 Å². The summed E-state index contributed by atoms with van der Waals surface area (Å²) in [5.41, 5.74) is 2.62. The van der Waals surface area contributed by atoms with E-state index in [0.717, 1.165) is 21.5 Å². The molecule has 23 heavy (non-hydrogen) atoms. The van der Waals surface area contributed by atoms with Gasteiger partial charge in [0.2, 0.25) is 0 Å². The Hall–Kier alpha value is -2.47. The van der Waals surface area contributed by atoms with Crippen molar-refractivity contribution in [1.29, 1.82) is 0 Å². The third-order valence-corrected chi connectivity index (χ3v) is 5.54. The minimum absolute atomic E-state index is 0.0760. The number of hydrogen-bond donors (Lipinski definition) is 0. The fourth-order valence-corrected chi connectivity index (χ4v) is 4.38. The lowest BCUT2D eigenvalue weighted by atomic mass is 10.1. The van der Waals surface area contributed by atoms with Gasteiger partial charge in [0.05, 0.1) is 16.8 Å². The summed E-state index contributed by atoms with van der Waals surface area (Å²) in [6.45, 7) is 2.51. The Balaban J connectivity index is 2.05. The van der Waals surface area contributed by atoms with Crippen molar-refractivity contribution in [3.05, 3.63) is 50.6 Å². The SMILES string of the molecule is Cc1c(C(=O)N(C)C)sc2c1c(=O)nc1n2Cc2ccccc2-1. The number of amides is 1. The van der Waals surface area contributed by atoms with Gasteiger partial charge in [0.25, 0.3) is 11.5 Å². The molecule has 1 aromatic carbocycles. The van der Waals surface area contributed by atoms with Crippen LogP contribution >= 0.6 is 11.3 Å². The maximum atomic E-state index is 12.5. The third-order valence-electron chi connectivity index (χ3n) is 4.24. The molecule has 0 bridgehead atoms.